The van der Waals surface area contributed by atoms with E-state index in [1.807, 2.05) is 19.3 Å². The Bertz CT molecular complexity index is 421. The van der Waals surface area contributed by atoms with Crippen LogP contribution in [-0.4, -0.2) is 9.97 Å². The molecule has 0 aliphatic carbocycles. The first kappa shape index (κ1) is 7.22. The summed E-state index contributed by atoms with van der Waals surface area (Å²) in [6, 6.07) is 2.14. The van der Waals surface area contributed by atoms with Gasteiger partial charge >= 0.3 is 0 Å². The Morgan fingerprint density at radius 3 is 2.75 bits per heavy atom. The minimum absolute atomic E-state index is 0.973. The van der Waals surface area contributed by atoms with Crippen molar-refractivity contribution in [3.8, 4) is 0 Å². The molecule has 2 heteroatoms. The second-order valence-electron chi connectivity index (χ2n) is 3.04. The first-order valence-electron chi connectivity index (χ1n) is 3.94. The lowest BCUT2D eigenvalue weighted by atomic mass is 10.1. The summed E-state index contributed by atoms with van der Waals surface area (Å²) in [6.07, 6.45) is 5.52. The van der Waals surface area contributed by atoms with Gasteiger partial charge in [0.1, 0.15) is 0 Å². The maximum absolute atomic E-state index is 4.28. The van der Waals surface area contributed by atoms with Gasteiger partial charge in [-0.15, -0.1) is 0 Å². The van der Waals surface area contributed by atoms with Crippen LogP contribution >= 0.6 is 0 Å². The minimum Gasteiger partial charge on any atom is -0.262 e. The molecule has 0 amide bonds. The van der Waals surface area contributed by atoms with Crippen LogP contribution in [0.4, 0.5) is 0 Å². The van der Waals surface area contributed by atoms with Crippen LogP contribution in [0.15, 0.2) is 24.7 Å². The Balaban J connectivity index is 2.88. The van der Waals surface area contributed by atoms with E-state index in [4.69, 9.17) is 0 Å². The molecule has 2 heterocycles. The average molecular weight is 158 g/mol. The van der Waals surface area contributed by atoms with Crippen LogP contribution in [0.1, 0.15) is 11.1 Å². The standard InChI is InChI=1S/C10H10N2/c1-7-3-9-8(2)5-11-6-10(9)12-4-7/h3-6H,1-2H3. The highest BCUT2D eigenvalue weighted by Crippen LogP contribution is 2.14. The molecule has 12 heavy (non-hydrogen) atoms. The molecule has 0 bridgehead atoms. The monoisotopic (exact) mass is 158 g/mol. The Morgan fingerprint density at radius 2 is 1.92 bits per heavy atom. The number of hydrogen-bond donors (Lipinski definition) is 0. The summed E-state index contributed by atoms with van der Waals surface area (Å²) >= 11 is 0. The van der Waals surface area contributed by atoms with Crippen molar-refractivity contribution in [3.63, 3.8) is 0 Å². The molecule has 2 nitrogen and oxygen atoms in total. The van der Waals surface area contributed by atoms with E-state index in [1.54, 1.807) is 6.20 Å². The van der Waals surface area contributed by atoms with Gasteiger partial charge in [0.2, 0.25) is 0 Å². The average Bonchev–Trinajstić information content (AvgIpc) is 2.07. The molecular weight excluding hydrogens is 148 g/mol. The Kier molecular flexibility index (Phi) is 1.54. The number of aromatic nitrogens is 2. The molecule has 2 aromatic rings. The number of aryl methyl sites for hydroxylation is 2. The number of pyridine rings is 2. The van der Waals surface area contributed by atoms with Crippen molar-refractivity contribution in [2.24, 2.45) is 0 Å². The second kappa shape index (κ2) is 2.55. The van der Waals surface area contributed by atoms with Gasteiger partial charge in [-0.3, -0.25) is 9.97 Å². The lowest BCUT2D eigenvalue weighted by molar-refractivity contribution is 1.25. The van der Waals surface area contributed by atoms with Crippen LogP contribution < -0.4 is 0 Å². The predicted octanol–water partition coefficient (Wildman–Crippen LogP) is 2.25. The largest absolute Gasteiger partial charge is 0.262 e. The Hall–Kier alpha value is -1.44. The molecule has 60 valence electrons. The number of fused-ring (bicyclic) bond motifs is 1. The third-order valence-electron chi connectivity index (χ3n) is 1.95. The fourth-order valence-corrected chi connectivity index (χ4v) is 1.29. The van der Waals surface area contributed by atoms with Gasteiger partial charge in [-0.2, -0.15) is 0 Å². The van der Waals surface area contributed by atoms with Crippen molar-refractivity contribution in [3.05, 3.63) is 35.8 Å². The first-order chi connectivity index (χ1) is 5.77. The van der Waals surface area contributed by atoms with Gasteiger partial charge in [0.05, 0.1) is 11.7 Å². The van der Waals surface area contributed by atoms with E-state index in [0.29, 0.717) is 0 Å². The summed E-state index contributed by atoms with van der Waals surface area (Å²) in [4.78, 5) is 8.36. The van der Waals surface area contributed by atoms with Crippen LogP contribution in [0.5, 0.6) is 0 Å². The highest BCUT2D eigenvalue weighted by Gasteiger charge is 1.97. The third kappa shape index (κ3) is 1.05. The zero-order valence-electron chi connectivity index (χ0n) is 7.20. The summed E-state index contributed by atoms with van der Waals surface area (Å²) in [6.45, 7) is 4.10. The van der Waals surface area contributed by atoms with Crippen molar-refractivity contribution < 1.29 is 0 Å². The van der Waals surface area contributed by atoms with Crippen molar-refractivity contribution in [1.82, 2.24) is 9.97 Å². The van der Waals surface area contributed by atoms with Gasteiger partial charge in [0.25, 0.3) is 0 Å². The molecule has 0 saturated carbocycles. The summed E-state index contributed by atoms with van der Waals surface area (Å²) in [7, 11) is 0. The summed E-state index contributed by atoms with van der Waals surface area (Å²) in [5.74, 6) is 0. The van der Waals surface area contributed by atoms with Crippen LogP contribution in [0.2, 0.25) is 0 Å². The van der Waals surface area contributed by atoms with E-state index in [1.165, 1.54) is 16.5 Å². The van der Waals surface area contributed by atoms with Gasteiger partial charge in [-0.1, -0.05) is 0 Å². The van der Waals surface area contributed by atoms with Gasteiger partial charge in [-0.25, -0.2) is 0 Å². The SMILES string of the molecule is Cc1cnc2cncc(C)c2c1. The quantitative estimate of drug-likeness (QED) is 0.587. The fraction of sp³-hybridized carbons (Fsp3) is 0.200. The van der Waals surface area contributed by atoms with Crippen molar-refractivity contribution in [2.75, 3.05) is 0 Å². The van der Waals surface area contributed by atoms with Gasteiger partial charge in [0.15, 0.2) is 0 Å². The maximum Gasteiger partial charge on any atom is 0.0887 e. The highest BCUT2D eigenvalue weighted by molar-refractivity contribution is 5.81. The molecule has 0 N–H and O–H groups in total. The van der Waals surface area contributed by atoms with E-state index >= 15 is 0 Å². The molecule has 0 atom stereocenters. The van der Waals surface area contributed by atoms with E-state index < -0.39 is 0 Å². The molecule has 0 radical (unpaired) electrons. The minimum atomic E-state index is 0.973. The summed E-state index contributed by atoms with van der Waals surface area (Å²) < 4.78 is 0. The molecule has 0 aromatic carbocycles. The lowest BCUT2D eigenvalue weighted by Gasteiger charge is -2.00. The molecular formula is C10H10N2. The van der Waals surface area contributed by atoms with Crippen molar-refractivity contribution >= 4 is 10.9 Å². The van der Waals surface area contributed by atoms with Crippen molar-refractivity contribution in [1.29, 1.82) is 0 Å². The lowest BCUT2D eigenvalue weighted by Crippen LogP contribution is -1.85. The summed E-state index contributed by atoms with van der Waals surface area (Å²) in [5, 5.41) is 1.20. The zero-order chi connectivity index (χ0) is 8.55. The molecule has 0 aliphatic rings. The molecule has 0 fully saturated rings. The highest BCUT2D eigenvalue weighted by atomic mass is 14.7. The molecule has 0 saturated heterocycles. The topological polar surface area (TPSA) is 25.8 Å². The first-order valence-corrected chi connectivity index (χ1v) is 3.94. The van der Waals surface area contributed by atoms with Crippen LogP contribution in [-0.2, 0) is 0 Å². The van der Waals surface area contributed by atoms with E-state index in [9.17, 15) is 0 Å². The molecule has 0 aliphatic heterocycles. The normalized spacial score (nSPS) is 10.5. The Morgan fingerprint density at radius 1 is 1.08 bits per heavy atom. The summed E-state index contributed by atoms with van der Waals surface area (Å²) in [5.41, 5.74) is 3.35. The Labute approximate surface area is 71.3 Å². The van der Waals surface area contributed by atoms with E-state index in [-0.39, 0.29) is 0 Å². The van der Waals surface area contributed by atoms with E-state index in [2.05, 4.69) is 23.0 Å². The molecule has 2 aromatic heterocycles. The molecule has 0 unspecified atom stereocenters. The van der Waals surface area contributed by atoms with Crippen LogP contribution in [0, 0.1) is 13.8 Å². The molecule has 2 rings (SSSR count). The second-order valence-corrected chi connectivity index (χ2v) is 3.04. The van der Waals surface area contributed by atoms with Gasteiger partial charge in [-0.05, 0) is 31.0 Å². The number of nitrogens with zero attached hydrogens (tertiary/aromatic N) is 2. The maximum atomic E-state index is 4.28. The number of hydrogen-bond acceptors (Lipinski definition) is 2. The number of rotatable bonds is 0. The fourth-order valence-electron chi connectivity index (χ4n) is 1.29. The zero-order valence-corrected chi connectivity index (χ0v) is 7.20. The predicted molar refractivity (Wildman–Crippen MR) is 49.0 cm³/mol. The van der Waals surface area contributed by atoms with Crippen LogP contribution in [0.25, 0.3) is 10.9 Å². The van der Waals surface area contributed by atoms with Crippen molar-refractivity contribution in [2.45, 2.75) is 13.8 Å². The van der Waals surface area contributed by atoms with Gasteiger partial charge < -0.3 is 0 Å². The van der Waals surface area contributed by atoms with Gasteiger partial charge in [0, 0.05) is 17.8 Å². The smallest absolute Gasteiger partial charge is 0.0887 e. The molecule has 0 spiro atoms. The van der Waals surface area contributed by atoms with E-state index in [0.717, 1.165) is 5.52 Å². The van der Waals surface area contributed by atoms with Crippen LogP contribution in [0.3, 0.4) is 0 Å². The third-order valence-corrected chi connectivity index (χ3v) is 1.95.